The number of anilines is 1. The Hall–Kier alpha value is -2.44. The van der Waals surface area contributed by atoms with E-state index in [-0.39, 0.29) is 30.1 Å². The molecule has 0 radical (unpaired) electrons. The molecule has 1 amide bonds. The molecule has 6 nitrogen and oxygen atoms in total. The summed E-state index contributed by atoms with van der Waals surface area (Å²) in [5.74, 6) is 0.221. The van der Waals surface area contributed by atoms with E-state index in [2.05, 4.69) is 10.1 Å². The Kier molecular flexibility index (Phi) is 3.56. The van der Waals surface area contributed by atoms with E-state index in [0.717, 1.165) is 5.56 Å². The first-order valence-electron chi connectivity index (χ1n) is 6.99. The van der Waals surface area contributed by atoms with Gasteiger partial charge in [-0.05, 0) is 22.9 Å². The molecule has 0 unspecified atom stereocenters. The highest BCUT2D eigenvalue weighted by Gasteiger charge is 2.42. The third-order valence-electron chi connectivity index (χ3n) is 3.92. The van der Waals surface area contributed by atoms with E-state index in [9.17, 15) is 9.18 Å². The first-order valence-corrected chi connectivity index (χ1v) is 6.99. The van der Waals surface area contributed by atoms with Gasteiger partial charge in [-0.3, -0.25) is 4.79 Å². The van der Waals surface area contributed by atoms with Crippen LogP contribution in [-0.4, -0.2) is 42.1 Å². The van der Waals surface area contributed by atoms with Crippen molar-refractivity contribution in [1.29, 1.82) is 0 Å². The Balaban J connectivity index is 1.99. The molecule has 7 heteroatoms. The molecule has 0 spiro atoms. The standard InChI is InChI=1S/C15H17FN4O2/c1-19(2)15-17-14(22-18-15)11-8-12(21)20(3)13(11)9-5-4-6-10(16)7-9/h4-7,11,13H,8H2,1-3H3/t11-,13+/m1/s1. The first kappa shape index (κ1) is 14.5. The number of rotatable bonds is 3. The van der Waals surface area contributed by atoms with Gasteiger partial charge in [-0.2, -0.15) is 4.98 Å². The summed E-state index contributed by atoms with van der Waals surface area (Å²) in [6, 6.07) is 5.96. The van der Waals surface area contributed by atoms with Crippen LogP contribution in [0.2, 0.25) is 0 Å². The van der Waals surface area contributed by atoms with Crippen LogP contribution >= 0.6 is 0 Å². The Morgan fingerprint density at radius 3 is 2.82 bits per heavy atom. The highest BCUT2D eigenvalue weighted by Crippen LogP contribution is 2.43. The van der Waals surface area contributed by atoms with Gasteiger partial charge in [0.05, 0.1) is 12.0 Å². The summed E-state index contributed by atoms with van der Waals surface area (Å²) >= 11 is 0. The topological polar surface area (TPSA) is 62.5 Å². The molecule has 2 heterocycles. The lowest BCUT2D eigenvalue weighted by molar-refractivity contribution is -0.127. The minimum atomic E-state index is -0.330. The molecule has 0 aliphatic carbocycles. The Bertz CT molecular complexity index is 700. The Labute approximate surface area is 127 Å². The molecule has 1 aromatic heterocycles. The maximum atomic E-state index is 13.5. The second kappa shape index (κ2) is 5.40. The number of likely N-dealkylation sites (tertiary alicyclic amines) is 1. The second-order valence-corrected chi connectivity index (χ2v) is 5.64. The summed E-state index contributed by atoms with van der Waals surface area (Å²) < 4.78 is 18.8. The van der Waals surface area contributed by atoms with Gasteiger partial charge in [0.25, 0.3) is 5.95 Å². The molecule has 22 heavy (non-hydrogen) atoms. The van der Waals surface area contributed by atoms with Crippen LogP contribution in [-0.2, 0) is 4.79 Å². The van der Waals surface area contributed by atoms with Gasteiger partial charge in [-0.15, -0.1) is 0 Å². The van der Waals surface area contributed by atoms with Crippen molar-refractivity contribution in [3.63, 3.8) is 0 Å². The van der Waals surface area contributed by atoms with Crippen LogP contribution in [0.15, 0.2) is 28.8 Å². The van der Waals surface area contributed by atoms with Crippen molar-refractivity contribution in [2.24, 2.45) is 0 Å². The highest BCUT2D eigenvalue weighted by atomic mass is 19.1. The number of nitrogens with zero attached hydrogens (tertiary/aromatic N) is 4. The van der Waals surface area contributed by atoms with Crippen molar-refractivity contribution in [3.05, 3.63) is 41.5 Å². The van der Waals surface area contributed by atoms with Crippen molar-refractivity contribution in [2.75, 3.05) is 26.0 Å². The van der Waals surface area contributed by atoms with Gasteiger partial charge < -0.3 is 14.3 Å². The lowest BCUT2D eigenvalue weighted by Gasteiger charge is -2.23. The van der Waals surface area contributed by atoms with Crippen molar-refractivity contribution >= 4 is 11.9 Å². The molecule has 1 fully saturated rings. The normalized spacial score (nSPS) is 21.5. The van der Waals surface area contributed by atoms with E-state index in [1.165, 1.54) is 12.1 Å². The molecule has 2 atom stereocenters. The Morgan fingerprint density at radius 1 is 1.41 bits per heavy atom. The van der Waals surface area contributed by atoms with Gasteiger partial charge >= 0.3 is 0 Å². The SMILES string of the molecule is CN(C)c1noc([C@@H]2CC(=O)N(C)[C@H]2c2cccc(F)c2)n1. The molecule has 1 saturated heterocycles. The van der Waals surface area contributed by atoms with Crippen molar-refractivity contribution < 1.29 is 13.7 Å². The zero-order valence-electron chi connectivity index (χ0n) is 12.7. The smallest absolute Gasteiger partial charge is 0.265 e. The predicted octanol–water partition coefficient (Wildman–Crippen LogP) is 1.96. The summed E-state index contributed by atoms with van der Waals surface area (Å²) in [5, 5.41) is 3.89. The predicted molar refractivity (Wildman–Crippen MR) is 77.9 cm³/mol. The zero-order valence-corrected chi connectivity index (χ0v) is 12.7. The number of likely N-dealkylation sites (N-methyl/N-ethyl adjacent to an activating group) is 1. The van der Waals surface area contributed by atoms with Crippen LogP contribution in [0.5, 0.6) is 0 Å². The number of carbonyl (C=O) groups excluding carboxylic acids is 1. The van der Waals surface area contributed by atoms with E-state index >= 15 is 0 Å². The average Bonchev–Trinajstić information content (AvgIpc) is 3.05. The van der Waals surface area contributed by atoms with Gasteiger partial charge in [-0.25, -0.2) is 4.39 Å². The van der Waals surface area contributed by atoms with E-state index < -0.39 is 0 Å². The third kappa shape index (κ3) is 2.43. The van der Waals surface area contributed by atoms with Crippen molar-refractivity contribution in [2.45, 2.75) is 18.4 Å². The van der Waals surface area contributed by atoms with Gasteiger partial charge in [0, 0.05) is 27.6 Å². The summed E-state index contributed by atoms with van der Waals surface area (Å²) in [6.07, 6.45) is 0.271. The van der Waals surface area contributed by atoms with Crippen LogP contribution in [0.3, 0.4) is 0 Å². The van der Waals surface area contributed by atoms with Crippen molar-refractivity contribution in [3.8, 4) is 0 Å². The number of amides is 1. The number of benzene rings is 1. The minimum Gasteiger partial charge on any atom is -0.344 e. The molecular formula is C15H17FN4O2. The van der Waals surface area contributed by atoms with E-state index in [4.69, 9.17) is 4.52 Å². The maximum absolute atomic E-state index is 13.5. The van der Waals surface area contributed by atoms with Gasteiger partial charge in [-0.1, -0.05) is 12.1 Å². The van der Waals surface area contributed by atoms with Gasteiger partial charge in [0.2, 0.25) is 11.8 Å². The lowest BCUT2D eigenvalue weighted by Crippen LogP contribution is -2.24. The molecule has 1 aromatic carbocycles. The molecule has 0 bridgehead atoms. The molecule has 1 aliphatic rings. The number of hydrogen-bond acceptors (Lipinski definition) is 5. The fraction of sp³-hybridized carbons (Fsp3) is 0.400. The maximum Gasteiger partial charge on any atom is 0.265 e. The number of carbonyl (C=O) groups is 1. The van der Waals surface area contributed by atoms with Gasteiger partial charge in [0.15, 0.2) is 0 Å². The fourth-order valence-electron chi connectivity index (χ4n) is 2.80. The minimum absolute atomic E-state index is 0.0242. The number of hydrogen-bond donors (Lipinski definition) is 0. The van der Waals surface area contributed by atoms with E-state index in [0.29, 0.717) is 11.8 Å². The average molecular weight is 304 g/mol. The number of aromatic nitrogens is 2. The Morgan fingerprint density at radius 2 is 2.18 bits per heavy atom. The summed E-state index contributed by atoms with van der Waals surface area (Å²) in [4.78, 5) is 19.8. The lowest BCUT2D eigenvalue weighted by atomic mass is 9.93. The molecule has 0 saturated carbocycles. The van der Waals surface area contributed by atoms with E-state index in [1.807, 2.05) is 14.1 Å². The zero-order chi connectivity index (χ0) is 15.9. The molecule has 116 valence electrons. The molecular weight excluding hydrogens is 287 g/mol. The monoisotopic (exact) mass is 304 g/mol. The highest BCUT2D eigenvalue weighted by molar-refractivity contribution is 5.80. The van der Waals surface area contributed by atoms with Gasteiger partial charge in [0.1, 0.15) is 5.82 Å². The number of halogens is 1. The summed E-state index contributed by atoms with van der Waals surface area (Å²) in [7, 11) is 5.33. The third-order valence-corrected chi connectivity index (χ3v) is 3.92. The largest absolute Gasteiger partial charge is 0.344 e. The van der Waals surface area contributed by atoms with E-state index in [1.54, 1.807) is 29.0 Å². The molecule has 1 aliphatic heterocycles. The van der Waals surface area contributed by atoms with Crippen LogP contribution in [0, 0.1) is 5.82 Å². The van der Waals surface area contributed by atoms with Crippen LogP contribution in [0.25, 0.3) is 0 Å². The first-order chi connectivity index (χ1) is 10.5. The molecule has 2 aromatic rings. The summed E-state index contributed by atoms with van der Waals surface area (Å²) in [6.45, 7) is 0. The van der Waals surface area contributed by atoms with Crippen LogP contribution in [0.4, 0.5) is 10.3 Å². The molecule has 3 rings (SSSR count). The summed E-state index contributed by atoms with van der Waals surface area (Å²) in [5.41, 5.74) is 0.725. The second-order valence-electron chi connectivity index (χ2n) is 5.64. The van der Waals surface area contributed by atoms with Crippen molar-refractivity contribution in [1.82, 2.24) is 15.0 Å². The quantitative estimate of drug-likeness (QED) is 0.867. The molecule has 0 N–H and O–H groups in total. The van der Waals surface area contributed by atoms with Crippen LogP contribution < -0.4 is 4.90 Å². The van der Waals surface area contributed by atoms with Crippen LogP contribution in [0.1, 0.15) is 29.8 Å². The fourth-order valence-corrected chi connectivity index (χ4v) is 2.80.